The Balaban J connectivity index is 1.83. The van der Waals surface area contributed by atoms with Gasteiger partial charge in [0.15, 0.2) is 0 Å². The molecule has 5 heteroatoms. The van der Waals surface area contributed by atoms with Crippen molar-refractivity contribution in [2.75, 3.05) is 5.32 Å². The zero-order chi connectivity index (χ0) is 16.4. The van der Waals surface area contributed by atoms with Crippen molar-refractivity contribution in [2.45, 2.75) is 13.3 Å². The first kappa shape index (κ1) is 15.0. The summed E-state index contributed by atoms with van der Waals surface area (Å²) in [6, 6.07) is 12.6. The van der Waals surface area contributed by atoms with Crippen LogP contribution in [0.1, 0.15) is 11.1 Å². The molecule has 0 saturated heterocycles. The Kier molecular flexibility index (Phi) is 3.93. The van der Waals surface area contributed by atoms with Crippen molar-refractivity contribution in [3.63, 3.8) is 0 Å². The largest absolute Gasteiger partial charge is 0.423 e. The highest BCUT2D eigenvalue weighted by Crippen LogP contribution is 2.21. The summed E-state index contributed by atoms with van der Waals surface area (Å²) in [5.74, 6) is -0.757. The number of rotatable bonds is 3. The standard InChI is InChI=1S/C18H14FNO3/c1-11-8-18(22)23-16-10-13(6-7-14(11)16)20-17(21)9-12-4-2-3-5-15(12)19/h2-8,10H,9H2,1H3,(H,20,21). The third kappa shape index (κ3) is 3.29. The second-order valence-corrected chi connectivity index (χ2v) is 5.28. The van der Waals surface area contributed by atoms with Crippen LogP contribution in [-0.4, -0.2) is 5.91 Å². The minimum Gasteiger partial charge on any atom is -0.423 e. The lowest BCUT2D eigenvalue weighted by molar-refractivity contribution is -0.115. The highest BCUT2D eigenvalue weighted by atomic mass is 19.1. The number of benzene rings is 2. The van der Waals surface area contributed by atoms with Gasteiger partial charge in [-0.25, -0.2) is 9.18 Å². The molecule has 2 aromatic carbocycles. The van der Waals surface area contributed by atoms with Gasteiger partial charge < -0.3 is 9.73 Å². The van der Waals surface area contributed by atoms with Crippen molar-refractivity contribution in [3.05, 3.63) is 75.9 Å². The van der Waals surface area contributed by atoms with E-state index in [1.54, 1.807) is 36.4 Å². The lowest BCUT2D eigenvalue weighted by atomic mass is 10.1. The SMILES string of the molecule is Cc1cc(=O)oc2cc(NC(=O)Cc3ccccc3F)ccc12. The number of aryl methyl sites for hydroxylation is 1. The van der Waals surface area contributed by atoms with Crippen LogP contribution in [0.5, 0.6) is 0 Å². The van der Waals surface area contributed by atoms with Gasteiger partial charge in [-0.05, 0) is 36.2 Å². The molecule has 0 atom stereocenters. The number of fused-ring (bicyclic) bond motifs is 1. The number of carbonyl (C=O) groups excluding carboxylic acids is 1. The summed E-state index contributed by atoms with van der Waals surface area (Å²) in [7, 11) is 0. The molecule has 1 amide bonds. The first-order valence-electron chi connectivity index (χ1n) is 7.11. The van der Waals surface area contributed by atoms with Gasteiger partial charge in [0, 0.05) is 23.2 Å². The second kappa shape index (κ2) is 6.04. The molecule has 0 saturated carbocycles. The number of anilines is 1. The number of nitrogens with one attached hydrogen (secondary N) is 1. The van der Waals surface area contributed by atoms with E-state index in [0.29, 0.717) is 16.8 Å². The van der Waals surface area contributed by atoms with Crippen LogP contribution in [0.2, 0.25) is 0 Å². The van der Waals surface area contributed by atoms with Gasteiger partial charge in [-0.3, -0.25) is 4.79 Å². The zero-order valence-electron chi connectivity index (χ0n) is 12.4. The van der Waals surface area contributed by atoms with Gasteiger partial charge in [-0.2, -0.15) is 0 Å². The summed E-state index contributed by atoms with van der Waals surface area (Å²) in [6.45, 7) is 1.82. The van der Waals surface area contributed by atoms with E-state index in [4.69, 9.17) is 4.42 Å². The molecule has 3 aromatic rings. The Bertz CT molecular complexity index is 946. The molecule has 1 heterocycles. The number of hydrogen-bond acceptors (Lipinski definition) is 3. The maximum atomic E-state index is 13.6. The van der Waals surface area contributed by atoms with E-state index in [9.17, 15) is 14.0 Å². The predicted molar refractivity (Wildman–Crippen MR) is 86.0 cm³/mol. The molecular weight excluding hydrogens is 297 g/mol. The number of halogens is 1. The highest BCUT2D eigenvalue weighted by Gasteiger charge is 2.09. The fraction of sp³-hybridized carbons (Fsp3) is 0.111. The molecule has 0 unspecified atom stereocenters. The topological polar surface area (TPSA) is 59.3 Å². The molecule has 0 spiro atoms. The van der Waals surface area contributed by atoms with Crippen molar-refractivity contribution in [3.8, 4) is 0 Å². The van der Waals surface area contributed by atoms with Crippen LogP contribution in [0.15, 0.2) is 57.7 Å². The van der Waals surface area contributed by atoms with E-state index in [0.717, 1.165) is 10.9 Å². The van der Waals surface area contributed by atoms with E-state index in [1.807, 2.05) is 6.92 Å². The minimum atomic E-state index is -0.440. The Hall–Kier alpha value is -2.95. The van der Waals surface area contributed by atoms with Crippen molar-refractivity contribution in [2.24, 2.45) is 0 Å². The normalized spacial score (nSPS) is 10.7. The molecule has 1 aromatic heterocycles. The zero-order valence-corrected chi connectivity index (χ0v) is 12.4. The van der Waals surface area contributed by atoms with Crippen molar-refractivity contribution >= 4 is 22.6 Å². The Morgan fingerprint density at radius 3 is 2.74 bits per heavy atom. The first-order chi connectivity index (χ1) is 11.0. The van der Waals surface area contributed by atoms with Crippen LogP contribution in [0, 0.1) is 12.7 Å². The number of carbonyl (C=O) groups is 1. The molecule has 1 N–H and O–H groups in total. The molecule has 0 radical (unpaired) electrons. The van der Waals surface area contributed by atoms with Gasteiger partial charge >= 0.3 is 5.63 Å². The fourth-order valence-electron chi connectivity index (χ4n) is 2.42. The van der Waals surface area contributed by atoms with E-state index >= 15 is 0 Å². The molecule has 23 heavy (non-hydrogen) atoms. The highest BCUT2D eigenvalue weighted by molar-refractivity contribution is 5.94. The van der Waals surface area contributed by atoms with E-state index in [1.165, 1.54) is 12.1 Å². The average Bonchev–Trinajstić information content (AvgIpc) is 2.49. The summed E-state index contributed by atoms with van der Waals surface area (Å²) in [5.41, 5.74) is 1.59. The Morgan fingerprint density at radius 2 is 1.96 bits per heavy atom. The average molecular weight is 311 g/mol. The van der Waals surface area contributed by atoms with Crippen molar-refractivity contribution < 1.29 is 13.6 Å². The third-order valence-corrected chi connectivity index (χ3v) is 3.54. The second-order valence-electron chi connectivity index (χ2n) is 5.28. The third-order valence-electron chi connectivity index (χ3n) is 3.54. The molecule has 0 aliphatic heterocycles. The number of hydrogen-bond donors (Lipinski definition) is 1. The van der Waals surface area contributed by atoms with Gasteiger partial charge in [0.2, 0.25) is 5.91 Å². The molecule has 0 aliphatic rings. The molecular formula is C18H14FNO3. The number of amides is 1. The molecule has 0 aliphatic carbocycles. The molecule has 0 fully saturated rings. The predicted octanol–water partition coefficient (Wildman–Crippen LogP) is 3.42. The lowest BCUT2D eigenvalue weighted by Crippen LogP contribution is -2.15. The summed E-state index contributed by atoms with van der Waals surface area (Å²) in [4.78, 5) is 23.5. The van der Waals surface area contributed by atoms with Crippen LogP contribution in [0.25, 0.3) is 11.0 Å². The quantitative estimate of drug-likeness (QED) is 0.754. The van der Waals surface area contributed by atoms with Gasteiger partial charge in [0.05, 0.1) is 6.42 Å². The van der Waals surface area contributed by atoms with Crippen LogP contribution in [0.3, 0.4) is 0 Å². The molecule has 4 nitrogen and oxygen atoms in total. The molecule has 116 valence electrons. The Morgan fingerprint density at radius 1 is 1.17 bits per heavy atom. The summed E-state index contributed by atoms with van der Waals surface area (Å²) in [6.07, 6.45) is -0.0670. The van der Waals surface area contributed by atoms with Crippen LogP contribution in [0.4, 0.5) is 10.1 Å². The maximum absolute atomic E-state index is 13.6. The maximum Gasteiger partial charge on any atom is 0.336 e. The molecule has 3 rings (SSSR count). The Labute approximate surface area is 131 Å². The monoisotopic (exact) mass is 311 g/mol. The first-order valence-corrected chi connectivity index (χ1v) is 7.11. The van der Waals surface area contributed by atoms with Crippen molar-refractivity contribution in [1.82, 2.24) is 0 Å². The molecule has 0 bridgehead atoms. The smallest absolute Gasteiger partial charge is 0.336 e. The van der Waals surface area contributed by atoms with Crippen molar-refractivity contribution in [1.29, 1.82) is 0 Å². The van der Waals surface area contributed by atoms with Crippen LogP contribution >= 0.6 is 0 Å². The summed E-state index contributed by atoms with van der Waals surface area (Å²) < 4.78 is 18.7. The minimum absolute atomic E-state index is 0.0670. The van der Waals surface area contributed by atoms with Gasteiger partial charge in [-0.1, -0.05) is 18.2 Å². The van der Waals surface area contributed by atoms with Crippen LogP contribution < -0.4 is 10.9 Å². The van der Waals surface area contributed by atoms with Gasteiger partial charge in [0.25, 0.3) is 0 Å². The van der Waals surface area contributed by atoms with E-state index < -0.39 is 11.4 Å². The lowest BCUT2D eigenvalue weighted by Gasteiger charge is -2.07. The van der Waals surface area contributed by atoms with Crippen LogP contribution in [-0.2, 0) is 11.2 Å². The summed E-state index contributed by atoms with van der Waals surface area (Å²) >= 11 is 0. The van der Waals surface area contributed by atoms with Gasteiger partial charge in [-0.15, -0.1) is 0 Å². The van der Waals surface area contributed by atoms with E-state index in [-0.39, 0.29) is 12.3 Å². The van der Waals surface area contributed by atoms with E-state index in [2.05, 4.69) is 5.32 Å². The van der Waals surface area contributed by atoms with Gasteiger partial charge in [0.1, 0.15) is 11.4 Å². The summed E-state index contributed by atoms with van der Waals surface area (Å²) in [5, 5.41) is 3.48. The fourth-order valence-corrected chi connectivity index (χ4v) is 2.42.